The highest BCUT2D eigenvalue weighted by Crippen LogP contribution is 2.20. The number of likely N-dealkylation sites (tertiary alicyclic amines) is 1. The molecule has 2 aromatic rings. The molecule has 4 rings (SSSR count). The van der Waals surface area contributed by atoms with E-state index in [0.29, 0.717) is 12.1 Å². The first-order valence-electron chi connectivity index (χ1n) is 11.4. The second-order valence-electron chi connectivity index (χ2n) is 8.53. The Morgan fingerprint density at radius 3 is 2.44 bits per heavy atom. The van der Waals surface area contributed by atoms with Crippen LogP contribution in [0.1, 0.15) is 24.5 Å². The summed E-state index contributed by atoms with van der Waals surface area (Å²) in [5, 5.41) is 7.10. The van der Waals surface area contributed by atoms with Gasteiger partial charge in [-0.15, -0.1) is 24.0 Å². The molecule has 0 bridgehead atoms. The molecule has 2 aliphatic rings. The largest absolute Gasteiger partial charge is 0.378 e. The van der Waals surface area contributed by atoms with Crippen LogP contribution in [0.25, 0.3) is 0 Å². The molecule has 174 valence electrons. The van der Waals surface area contributed by atoms with Gasteiger partial charge < -0.3 is 20.3 Å². The topological polar surface area (TPSA) is 52.1 Å². The molecule has 0 spiro atoms. The van der Waals surface area contributed by atoms with Crippen molar-refractivity contribution < 1.29 is 4.74 Å². The second-order valence-corrected chi connectivity index (χ2v) is 8.53. The number of halogens is 1. The Kier molecular flexibility index (Phi) is 9.62. The summed E-state index contributed by atoms with van der Waals surface area (Å²) in [6, 6.07) is 20.5. The summed E-state index contributed by atoms with van der Waals surface area (Å²) in [5.41, 5.74) is 3.90. The molecule has 2 aromatic carbocycles. The molecule has 2 N–H and O–H groups in total. The molecule has 0 aliphatic carbocycles. The molecule has 7 heteroatoms. The average Bonchev–Trinajstić information content (AvgIpc) is 3.16. The van der Waals surface area contributed by atoms with Crippen LogP contribution in [-0.2, 0) is 17.8 Å². The third kappa shape index (κ3) is 6.83. The minimum atomic E-state index is 0. The predicted molar refractivity (Wildman–Crippen MR) is 143 cm³/mol. The fraction of sp³-hybridized carbons (Fsp3) is 0.480. The number of hydrogen-bond donors (Lipinski definition) is 2. The molecular weight excluding hydrogens is 513 g/mol. The fourth-order valence-electron chi connectivity index (χ4n) is 4.46. The maximum Gasteiger partial charge on any atom is 0.191 e. The Bertz CT molecular complexity index is 839. The van der Waals surface area contributed by atoms with Crippen molar-refractivity contribution >= 4 is 35.6 Å². The van der Waals surface area contributed by atoms with Crippen molar-refractivity contribution in [3.63, 3.8) is 0 Å². The first-order chi connectivity index (χ1) is 15.2. The highest BCUT2D eigenvalue weighted by molar-refractivity contribution is 14.0. The zero-order chi connectivity index (χ0) is 21.5. The molecule has 2 saturated heterocycles. The van der Waals surface area contributed by atoms with Crippen LogP contribution in [0, 0.1) is 0 Å². The average molecular weight is 550 g/mol. The van der Waals surface area contributed by atoms with E-state index in [2.05, 4.69) is 86.9 Å². The normalized spacial score (nSPS) is 21.8. The van der Waals surface area contributed by atoms with Gasteiger partial charge in [0, 0.05) is 57.5 Å². The SMILES string of the molecule is CN=C(NCc1ccc(N2CCOCC2)cc1)NC1CC(C)N(Cc2ccccc2)C1.I. The van der Waals surface area contributed by atoms with Crippen LogP contribution in [0.5, 0.6) is 0 Å². The van der Waals surface area contributed by atoms with E-state index < -0.39 is 0 Å². The Morgan fingerprint density at radius 1 is 1.03 bits per heavy atom. The van der Waals surface area contributed by atoms with Gasteiger partial charge in [-0.05, 0) is 36.6 Å². The van der Waals surface area contributed by atoms with Crippen LogP contribution in [0.3, 0.4) is 0 Å². The molecule has 0 radical (unpaired) electrons. The summed E-state index contributed by atoms with van der Waals surface area (Å²) in [6.45, 7) is 8.68. The first kappa shape index (κ1) is 24.8. The van der Waals surface area contributed by atoms with E-state index in [9.17, 15) is 0 Å². The van der Waals surface area contributed by atoms with Crippen molar-refractivity contribution in [2.45, 2.75) is 38.5 Å². The van der Waals surface area contributed by atoms with E-state index in [1.807, 2.05) is 7.05 Å². The molecule has 0 aromatic heterocycles. The number of morpholine rings is 1. The standard InChI is InChI=1S/C25H35N5O.HI/c1-20-16-23(19-30(20)18-22-6-4-3-5-7-22)28-25(26-2)27-17-21-8-10-24(11-9-21)29-12-14-31-15-13-29;/h3-11,20,23H,12-19H2,1-2H3,(H2,26,27,28);1H. The highest BCUT2D eigenvalue weighted by Gasteiger charge is 2.29. The van der Waals surface area contributed by atoms with Crippen molar-refractivity contribution in [1.82, 2.24) is 15.5 Å². The lowest BCUT2D eigenvalue weighted by Crippen LogP contribution is -2.44. The summed E-state index contributed by atoms with van der Waals surface area (Å²) in [7, 11) is 1.84. The Labute approximate surface area is 209 Å². The summed E-state index contributed by atoms with van der Waals surface area (Å²) in [5.74, 6) is 0.871. The van der Waals surface area contributed by atoms with E-state index in [4.69, 9.17) is 4.74 Å². The molecule has 6 nitrogen and oxygen atoms in total. The molecule has 0 saturated carbocycles. The van der Waals surface area contributed by atoms with E-state index in [0.717, 1.165) is 58.3 Å². The van der Waals surface area contributed by atoms with Crippen LogP contribution >= 0.6 is 24.0 Å². The van der Waals surface area contributed by atoms with Crippen LogP contribution in [-0.4, -0.2) is 62.8 Å². The number of nitrogens with zero attached hydrogens (tertiary/aromatic N) is 3. The molecule has 2 unspecified atom stereocenters. The number of guanidine groups is 1. The lowest BCUT2D eigenvalue weighted by Gasteiger charge is -2.29. The number of ether oxygens (including phenoxy) is 1. The number of hydrogen-bond acceptors (Lipinski definition) is 4. The molecular formula is C25H36IN5O. The second kappa shape index (κ2) is 12.4. The van der Waals surface area contributed by atoms with Gasteiger partial charge in [-0.3, -0.25) is 9.89 Å². The summed E-state index contributed by atoms with van der Waals surface area (Å²) < 4.78 is 5.44. The number of benzene rings is 2. The van der Waals surface area contributed by atoms with Crippen LogP contribution in [0.2, 0.25) is 0 Å². The predicted octanol–water partition coefficient (Wildman–Crippen LogP) is 3.47. The van der Waals surface area contributed by atoms with Crippen molar-refractivity contribution in [1.29, 1.82) is 0 Å². The smallest absolute Gasteiger partial charge is 0.191 e. The fourth-order valence-corrected chi connectivity index (χ4v) is 4.46. The Balaban J connectivity index is 0.00000289. The zero-order valence-electron chi connectivity index (χ0n) is 19.2. The van der Waals surface area contributed by atoms with Gasteiger partial charge in [0.2, 0.25) is 0 Å². The zero-order valence-corrected chi connectivity index (χ0v) is 21.5. The number of rotatable bonds is 6. The van der Waals surface area contributed by atoms with Gasteiger partial charge in [0.15, 0.2) is 5.96 Å². The summed E-state index contributed by atoms with van der Waals surface area (Å²) in [6.07, 6.45) is 1.13. The van der Waals surface area contributed by atoms with Gasteiger partial charge in [-0.2, -0.15) is 0 Å². The van der Waals surface area contributed by atoms with Crippen LogP contribution < -0.4 is 15.5 Å². The molecule has 32 heavy (non-hydrogen) atoms. The van der Waals surface area contributed by atoms with Crippen molar-refractivity contribution in [3.05, 3.63) is 65.7 Å². The number of anilines is 1. The van der Waals surface area contributed by atoms with Crippen LogP contribution in [0.15, 0.2) is 59.6 Å². The quantitative estimate of drug-likeness (QED) is 0.329. The third-order valence-corrected chi connectivity index (χ3v) is 6.27. The van der Waals surface area contributed by atoms with Crippen molar-refractivity contribution in [2.24, 2.45) is 4.99 Å². The van der Waals surface area contributed by atoms with Gasteiger partial charge in [0.25, 0.3) is 0 Å². The summed E-state index contributed by atoms with van der Waals surface area (Å²) in [4.78, 5) is 9.37. The van der Waals surface area contributed by atoms with E-state index in [-0.39, 0.29) is 24.0 Å². The summed E-state index contributed by atoms with van der Waals surface area (Å²) >= 11 is 0. The molecule has 2 atom stereocenters. The minimum absolute atomic E-state index is 0. The molecule has 0 amide bonds. The van der Waals surface area contributed by atoms with Crippen LogP contribution in [0.4, 0.5) is 5.69 Å². The lowest BCUT2D eigenvalue weighted by molar-refractivity contribution is 0.122. The Hall–Kier alpha value is -1.84. The molecule has 2 fully saturated rings. The maximum absolute atomic E-state index is 5.44. The van der Waals surface area contributed by atoms with Gasteiger partial charge in [-0.25, -0.2) is 0 Å². The number of aliphatic imine (C=N–C) groups is 1. The monoisotopic (exact) mass is 549 g/mol. The third-order valence-electron chi connectivity index (χ3n) is 6.27. The highest BCUT2D eigenvalue weighted by atomic mass is 127. The van der Waals surface area contributed by atoms with Gasteiger partial charge in [0.1, 0.15) is 0 Å². The lowest BCUT2D eigenvalue weighted by atomic mass is 10.2. The Morgan fingerprint density at radius 2 is 1.75 bits per heavy atom. The van der Waals surface area contributed by atoms with Gasteiger partial charge >= 0.3 is 0 Å². The van der Waals surface area contributed by atoms with Gasteiger partial charge in [0.05, 0.1) is 13.2 Å². The van der Waals surface area contributed by atoms with Crippen molar-refractivity contribution in [3.8, 4) is 0 Å². The van der Waals surface area contributed by atoms with E-state index >= 15 is 0 Å². The molecule has 2 aliphatic heterocycles. The van der Waals surface area contributed by atoms with Crippen molar-refractivity contribution in [2.75, 3.05) is 44.8 Å². The van der Waals surface area contributed by atoms with E-state index in [1.165, 1.54) is 16.8 Å². The van der Waals surface area contributed by atoms with E-state index in [1.54, 1.807) is 0 Å². The number of nitrogens with one attached hydrogen (secondary N) is 2. The minimum Gasteiger partial charge on any atom is -0.378 e. The first-order valence-corrected chi connectivity index (χ1v) is 11.4. The molecule has 2 heterocycles. The maximum atomic E-state index is 5.44. The van der Waals surface area contributed by atoms with Gasteiger partial charge in [-0.1, -0.05) is 42.5 Å².